The second-order valence-corrected chi connectivity index (χ2v) is 6.01. The lowest BCUT2D eigenvalue weighted by Gasteiger charge is -2.09. The third-order valence-electron chi connectivity index (χ3n) is 3.33. The summed E-state index contributed by atoms with van der Waals surface area (Å²) in [4.78, 5) is 19.8. The zero-order valence-corrected chi connectivity index (χ0v) is 13.4. The van der Waals surface area contributed by atoms with Crippen molar-refractivity contribution in [2.45, 2.75) is 38.5 Å². The fourth-order valence-electron chi connectivity index (χ4n) is 2.08. The smallest absolute Gasteiger partial charge is 0.340 e. The number of aromatic nitrogens is 2. The molecule has 0 atom stereocenters. The van der Waals surface area contributed by atoms with Crippen molar-refractivity contribution >= 4 is 17.7 Å². The van der Waals surface area contributed by atoms with Gasteiger partial charge in [0.05, 0.1) is 5.69 Å². The number of rotatable bonds is 4. The largest absolute Gasteiger partial charge is 0.478 e. The summed E-state index contributed by atoms with van der Waals surface area (Å²) in [6.45, 7) is 7.63. The highest BCUT2D eigenvalue weighted by Gasteiger charge is 2.17. The van der Waals surface area contributed by atoms with Gasteiger partial charge in [0.15, 0.2) is 0 Å². The highest BCUT2D eigenvalue weighted by Crippen LogP contribution is 2.26. The number of hydrogen-bond acceptors (Lipinski definition) is 4. The molecule has 0 spiro atoms. The van der Waals surface area contributed by atoms with Gasteiger partial charge in [0.2, 0.25) is 0 Å². The average Bonchev–Trinajstić information content (AvgIpc) is 2.38. The number of carboxylic acids is 1. The predicted molar refractivity (Wildman–Crippen MR) is 83.9 cm³/mol. The number of hydrogen-bond donors (Lipinski definition) is 1. The number of aromatic carboxylic acids is 1. The summed E-state index contributed by atoms with van der Waals surface area (Å²) in [7, 11) is 0. The summed E-state index contributed by atoms with van der Waals surface area (Å²) >= 11 is 1.44. The second kappa shape index (κ2) is 6.26. The van der Waals surface area contributed by atoms with Crippen LogP contribution in [0.15, 0.2) is 23.2 Å². The third-order valence-corrected chi connectivity index (χ3v) is 4.38. The number of thioether (sulfide) groups is 1. The monoisotopic (exact) mass is 302 g/mol. The molecule has 0 unspecified atom stereocenters. The van der Waals surface area contributed by atoms with Crippen LogP contribution in [0, 0.1) is 27.7 Å². The minimum Gasteiger partial charge on any atom is -0.478 e. The van der Waals surface area contributed by atoms with Crippen LogP contribution in [0.4, 0.5) is 0 Å². The third kappa shape index (κ3) is 3.61. The highest BCUT2D eigenvalue weighted by molar-refractivity contribution is 7.98. The lowest BCUT2D eigenvalue weighted by molar-refractivity contribution is 0.0690. The zero-order valence-electron chi connectivity index (χ0n) is 12.6. The molecule has 5 heteroatoms. The van der Waals surface area contributed by atoms with Gasteiger partial charge in [-0.2, -0.15) is 0 Å². The quantitative estimate of drug-likeness (QED) is 0.689. The van der Waals surface area contributed by atoms with E-state index in [0.29, 0.717) is 22.3 Å². The van der Waals surface area contributed by atoms with Gasteiger partial charge >= 0.3 is 5.97 Å². The lowest BCUT2D eigenvalue weighted by atomic mass is 10.1. The van der Waals surface area contributed by atoms with Crippen molar-refractivity contribution in [3.8, 4) is 0 Å². The lowest BCUT2D eigenvalue weighted by Crippen LogP contribution is -2.08. The van der Waals surface area contributed by atoms with Crippen LogP contribution in [0.5, 0.6) is 0 Å². The summed E-state index contributed by atoms with van der Waals surface area (Å²) in [6, 6.07) is 6.28. The highest BCUT2D eigenvalue weighted by atomic mass is 32.2. The van der Waals surface area contributed by atoms with E-state index in [4.69, 9.17) is 0 Å². The molecule has 0 aliphatic carbocycles. The maximum atomic E-state index is 11.4. The van der Waals surface area contributed by atoms with Crippen molar-refractivity contribution < 1.29 is 9.90 Å². The van der Waals surface area contributed by atoms with E-state index in [-0.39, 0.29) is 5.56 Å². The van der Waals surface area contributed by atoms with Crippen molar-refractivity contribution in [1.82, 2.24) is 9.97 Å². The van der Waals surface area contributed by atoms with Crippen molar-refractivity contribution in [1.29, 1.82) is 0 Å². The molecule has 1 aromatic carbocycles. The van der Waals surface area contributed by atoms with Gasteiger partial charge in [0.1, 0.15) is 16.4 Å². The van der Waals surface area contributed by atoms with Crippen LogP contribution in [0.25, 0.3) is 0 Å². The Morgan fingerprint density at radius 2 is 1.86 bits per heavy atom. The van der Waals surface area contributed by atoms with Gasteiger partial charge in [0.25, 0.3) is 0 Å². The molecular weight excluding hydrogens is 284 g/mol. The van der Waals surface area contributed by atoms with E-state index < -0.39 is 5.97 Å². The number of aryl methyl sites for hydroxylation is 4. The fourth-order valence-corrected chi connectivity index (χ4v) is 3.14. The molecule has 0 aliphatic rings. The Morgan fingerprint density at radius 3 is 2.48 bits per heavy atom. The summed E-state index contributed by atoms with van der Waals surface area (Å²) < 4.78 is 0. The van der Waals surface area contributed by atoms with Gasteiger partial charge in [-0.3, -0.25) is 0 Å². The van der Waals surface area contributed by atoms with E-state index in [1.165, 1.54) is 22.9 Å². The molecule has 110 valence electrons. The average molecular weight is 302 g/mol. The van der Waals surface area contributed by atoms with Crippen molar-refractivity contribution in [2.75, 3.05) is 0 Å². The molecule has 0 radical (unpaired) electrons. The molecule has 0 aliphatic heterocycles. The number of nitrogens with zero attached hydrogens (tertiary/aromatic N) is 2. The normalized spacial score (nSPS) is 10.7. The molecule has 0 saturated carbocycles. The maximum absolute atomic E-state index is 11.4. The van der Waals surface area contributed by atoms with Crippen molar-refractivity contribution in [3.05, 3.63) is 52.0 Å². The molecule has 2 rings (SSSR count). The van der Waals surface area contributed by atoms with E-state index in [9.17, 15) is 9.90 Å². The van der Waals surface area contributed by atoms with Gasteiger partial charge in [-0.15, -0.1) is 11.8 Å². The number of benzene rings is 1. The Hall–Kier alpha value is -1.88. The van der Waals surface area contributed by atoms with Gasteiger partial charge in [-0.05, 0) is 44.4 Å². The van der Waals surface area contributed by atoms with Crippen LogP contribution in [-0.4, -0.2) is 21.0 Å². The van der Waals surface area contributed by atoms with Crippen LogP contribution < -0.4 is 0 Å². The first-order valence-corrected chi connectivity index (χ1v) is 7.64. The van der Waals surface area contributed by atoms with E-state index in [2.05, 4.69) is 42.0 Å². The Balaban J connectivity index is 2.27. The first kappa shape index (κ1) is 15.5. The molecule has 0 fully saturated rings. The van der Waals surface area contributed by atoms with Gasteiger partial charge in [0, 0.05) is 5.75 Å². The first-order valence-electron chi connectivity index (χ1n) is 6.66. The van der Waals surface area contributed by atoms with Gasteiger partial charge in [-0.1, -0.05) is 18.2 Å². The van der Waals surface area contributed by atoms with Crippen LogP contribution in [-0.2, 0) is 5.75 Å². The molecule has 1 N–H and O–H groups in total. The standard InChI is InChI=1S/C16H18N2O2S/c1-9-5-6-13(7-10(9)2)8-21-15-14(16(19)20)11(3)17-12(4)18-15/h5-7H,8H2,1-4H3,(H,19,20). The van der Waals surface area contributed by atoms with Gasteiger partial charge in [-0.25, -0.2) is 14.8 Å². The Labute approximate surface area is 128 Å². The van der Waals surface area contributed by atoms with Crippen LogP contribution in [0.2, 0.25) is 0 Å². The molecule has 0 amide bonds. The molecule has 1 aromatic heterocycles. The Bertz CT molecular complexity index is 699. The second-order valence-electron chi connectivity index (χ2n) is 5.05. The first-order chi connectivity index (χ1) is 9.88. The molecule has 21 heavy (non-hydrogen) atoms. The van der Waals surface area contributed by atoms with E-state index >= 15 is 0 Å². The number of carboxylic acid groups (broad SMARTS) is 1. The van der Waals surface area contributed by atoms with E-state index in [0.717, 1.165) is 5.56 Å². The molecule has 4 nitrogen and oxygen atoms in total. The predicted octanol–water partition coefficient (Wildman–Crippen LogP) is 3.70. The van der Waals surface area contributed by atoms with Crippen molar-refractivity contribution in [2.24, 2.45) is 0 Å². The van der Waals surface area contributed by atoms with Crippen molar-refractivity contribution in [3.63, 3.8) is 0 Å². The Morgan fingerprint density at radius 1 is 1.14 bits per heavy atom. The summed E-state index contributed by atoms with van der Waals surface area (Å²) in [5, 5.41) is 9.85. The van der Waals surface area contributed by atoms with Crippen LogP contribution in [0.1, 0.15) is 38.6 Å². The topological polar surface area (TPSA) is 63.1 Å². The van der Waals surface area contributed by atoms with E-state index in [1.807, 2.05) is 0 Å². The molecule has 2 aromatic rings. The van der Waals surface area contributed by atoms with Crippen LogP contribution in [0.3, 0.4) is 0 Å². The molecule has 0 saturated heterocycles. The zero-order chi connectivity index (χ0) is 15.6. The molecular formula is C16H18N2O2S. The SMILES string of the molecule is Cc1nc(C)c(C(=O)O)c(SCc2ccc(C)c(C)c2)n1. The fraction of sp³-hybridized carbons (Fsp3) is 0.312. The summed E-state index contributed by atoms with van der Waals surface area (Å²) in [5.41, 5.74) is 4.37. The van der Waals surface area contributed by atoms with Gasteiger partial charge < -0.3 is 5.11 Å². The minimum absolute atomic E-state index is 0.203. The molecule has 1 heterocycles. The minimum atomic E-state index is -0.977. The maximum Gasteiger partial charge on any atom is 0.340 e. The molecule has 0 bridgehead atoms. The summed E-state index contributed by atoms with van der Waals surface area (Å²) in [5.74, 6) is 0.312. The van der Waals surface area contributed by atoms with E-state index in [1.54, 1.807) is 13.8 Å². The number of carbonyl (C=O) groups is 1. The van der Waals surface area contributed by atoms with Crippen LogP contribution >= 0.6 is 11.8 Å². The Kier molecular flexibility index (Phi) is 4.63. The summed E-state index contributed by atoms with van der Waals surface area (Å²) in [6.07, 6.45) is 0.